The van der Waals surface area contributed by atoms with Gasteiger partial charge >= 0.3 is 0 Å². The van der Waals surface area contributed by atoms with E-state index < -0.39 is 0 Å². The van der Waals surface area contributed by atoms with Gasteiger partial charge in [-0.1, -0.05) is 26.7 Å². The highest BCUT2D eigenvalue weighted by atomic mass is 32.1. The summed E-state index contributed by atoms with van der Waals surface area (Å²) in [5.41, 5.74) is 1.33. The van der Waals surface area contributed by atoms with Gasteiger partial charge in [-0.3, -0.25) is 0 Å². The summed E-state index contributed by atoms with van der Waals surface area (Å²) in [7, 11) is 0. The molecule has 1 N–H and O–H groups in total. The Balaban J connectivity index is 2.10. The van der Waals surface area contributed by atoms with Gasteiger partial charge in [-0.25, -0.2) is 4.98 Å². The number of rotatable bonds is 5. The van der Waals surface area contributed by atoms with Crippen molar-refractivity contribution in [1.29, 1.82) is 0 Å². The minimum absolute atomic E-state index is 0.769. The van der Waals surface area contributed by atoms with Crippen LogP contribution in [0.3, 0.4) is 0 Å². The van der Waals surface area contributed by atoms with Crippen LogP contribution in [-0.2, 0) is 13.0 Å². The summed E-state index contributed by atoms with van der Waals surface area (Å²) in [5, 5.41) is 4.82. The van der Waals surface area contributed by atoms with Crippen LogP contribution in [0.2, 0.25) is 0 Å². The molecule has 0 spiro atoms. The van der Waals surface area contributed by atoms with Crippen molar-refractivity contribution in [3.05, 3.63) is 15.6 Å². The van der Waals surface area contributed by atoms with Gasteiger partial charge in [0.25, 0.3) is 0 Å². The highest BCUT2D eigenvalue weighted by molar-refractivity contribution is 7.11. The molecule has 0 unspecified atom stereocenters. The van der Waals surface area contributed by atoms with Gasteiger partial charge in [0.15, 0.2) is 0 Å². The minimum Gasteiger partial charge on any atom is -0.312 e. The molecule has 1 aromatic rings. The third kappa shape index (κ3) is 2.64. The van der Waals surface area contributed by atoms with Crippen molar-refractivity contribution in [3.63, 3.8) is 0 Å². The van der Waals surface area contributed by atoms with Gasteiger partial charge in [0.1, 0.15) is 0 Å². The Morgan fingerprint density at radius 3 is 2.69 bits per heavy atom. The van der Waals surface area contributed by atoms with E-state index in [2.05, 4.69) is 19.2 Å². The summed E-state index contributed by atoms with van der Waals surface area (Å²) in [5.74, 6) is 0.769. The van der Waals surface area contributed by atoms with Gasteiger partial charge in [-0.2, -0.15) is 0 Å². The molecule has 0 saturated heterocycles. The van der Waals surface area contributed by atoms with E-state index in [4.69, 9.17) is 4.98 Å². The average Bonchev–Trinajstić information content (AvgIpc) is 2.94. The second kappa shape index (κ2) is 5.78. The van der Waals surface area contributed by atoms with Crippen molar-refractivity contribution in [1.82, 2.24) is 10.3 Å². The van der Waals surface area contributed by atoms with Crippen LogP contribution in [0.5, 0.6) is 0 Å². The van der Waals surface area contributed by atoms with E-state index in [1.807, 2.05) is 11.3 Å². The predicted molar refractivity (Wildman–Crippen MR) is 70.1 cm³/mol. The van der Waals surface area contributed by atoms with Crippen molar-refractivity contribution in [2.24, 2.45) is 0 Å². The fraction of sp³-hybridized carbons (Fsp3) is 0.769. The van der Waals surface area contributed by atoms with E-state index in [9.17, 15) is 0 Å². The highest BCUT2D eigenvalue weighted by Crippen LogP contribution is 2.37. The van der Waals surface area contributed by atoms with Crippen LogP contribution in [0.1, 0.15) is 61.0 Å². The van der Waals surface area contributed by atoms with E-state index in [-0.39, 0.29) is 0 Å². The highest BCUT2D eigenvalue weighted by Gasteiger charge is 2.21. The summed E-state index contributed by atoms with van der Waals surface area (Å²) in [6.45, 7) is 6.41. The molecule has 0 aromatic carbocycles. The maximum Gasteiger partial charge on any atom is 0.0962 e. The second-order valence-electron chi connectivity index (χ2n) is 4.54. The lowest BCUT2D eigenvalue weighted by Crippen LogP contribution is -2.11. The number of aromatic nitrogens is 1. The topological polar surface area (TPSA) is 24.9 Å². The quantitative estimate of drug-likeness (QED) is 0.849. The second-order valence-corrected chi connectivity index (χ2v) is 5.65. The lowest BCUT2D eigenvalue weighted by Gasteiger charge is -2.02. The van der Waals surface area contributed by atoms with Crippen LogP contribution < -0.4 is 5.32 Å². The third-order valence-corrected chi connectivity index (χ3v) is 4.63. The molecule has 0 bridgehead atoms. The molecule has 2 nitrogen and oxygen atoms in total. The molecule has 2 rings (SSSR count). The maximum atomic E-state index is 4.84. The first kappa shape index (κ1) is 12.1. The van der Waals surface area contributed by atoms with Crippen LogP contribution in [0, 0.1) is 0 Å². The first-order valence-electron chi connectivity index (χ1n) is 6.54. The Kier molecular flexibility index (Phi) is 4.36. The summed E-state index contributed by atoms with van der Waals surface area (Å²) in [6, 6.07) is 0. The Morgan fingerprint density at radius 2 is 2.06 bits per heavy atom. The van der Waals surface area contributed by atoms with E-state index in [0.29, 0.717) is 0 Å². The molecule has 0 atom stereocenters. The molecule has 1 heterocycles. The van der Waals surface area contributed by atoms with E-state index >= 15 is 0 Å². The fourth-order valence-corrected chi connectivity index (χ4v) is 3.70. The molecule has 0 aliphatic heterocycles. The van der Waals surface area contributed by atoms with Crippen LogP contribution in [0.25, 0.3) is 0 Å². The Morgan fingerprint density at radius 1 is 1.31 bits per heavy atom. The number of hydrogen-bond donors (Lipinski definition) is 1. The third-order valence-electron chi connectivity index (χ3n) is 3.37. The Bertz CT molecular complexity index is 327. The normalized spacial score (nSPS) is 17.1. The lowest BCUT2D eigenvalue weighted by atomic mass is 10.1. The Labute approximate surface area is 102 Å². The van der Waals surface area contributed by atoms with Crippen molar-refractivity contribution in [2.75, 3.05) is 6.54 Å². The molecule has 0 radical (unpaired) electrons. The van der Waals surface area contributed by atoms with Gasteiger partial charge in [-0.15, -0.1) is 11.3 Å². The molecule has 1 aliphatic carbocycles. The van der Waals surface area contributed by atoms with Crippen molar-refractivity contribution in [3.8, 4) is 0 Å². The zero-order valence-electron chi connectivity index (χ0n) is 10.4. The van der Waals surface area contributed by atoms with E-state index in [1.165, 1.54) is 41.3 Å². The molecule has 1 aliphatic rings. The fourth-order valence-electron chi connectivity index (χ4n) is 2.40. The lowest BCUT2D eigenvalue weighted by molar-refractivity contribution is 0.708. The van der Waals surface area contributed by atoms with Crippen molar-refractivity contribution in [2.45, 2.75) is 58.4 Å². The predicted octanol–water partition coefficient (Wildman–Crippen LogP) is 3.47. The number of hydrogen-bond acceptors (Lipinski definition) is 3. The van der Waals surface area contributed by atoms with Gasteiger partial charge in [-0.05, 0) is 25.8 Å². The van der Waals surface area contributed by atoms with E-state index in [0.717, 1.165) is 25.4 Å². The minimum atomic E-state index is 0.769. The van der Waals surface area contributed by atoms with Crippen LogP contribution in [-0.4, -0.2) is 11.5 Å². The zero-order chi connectivity index (χ0) is 11.4. The summed E-state index contributed by atoms with van der Waals surface area (Å²) < 4.78 is 0. The van der Waals surface area contributed by atoms with Crippen molar-refractivity contribution >= 4 is 11.3 Å². The van der Waals surface area contributed by atoms with Gasteiger partial charge in [0.05, 0.1) is 10.7 Å². The summed E-state index contributed by atoms with van der Waals surface area (Å²) in [6.07, 6.45) is 6.58. The standard InChI is InChI=1S/C13H22N2S/c1-3-11-12(9-14-4-2)16-13(15-11)10-7-5-6-8-10/h10,14H,3-9H2,1-2H3. The number of nitrogens with one attached hydrogen (secondary N) is 1. The summed E-state index contributed by atoms with van der Waals surface area (Å²) in [4.78, 5) is 6.31. The molecule has 1 saturated carbocycles. The average molecular weight is 238 g/mol. The zero-order valence-corrected chi connectivity index (χ0v) is 11.2. The van der Waals surface area contributed by atoms with Gasteiger partial charge in [0.2, 0.25) is 0 Å². The molecule has 1 aromatic heterocycles. The smallest absolute Gasteiger partial charge is 0.0962 e. The molecular weight excluding hydrogens is 216 g/mol. The molecule has 90 valence electrons. The monoisotopic (exact) mass is 238 g/mol. The van der Waals surface area contributed by atoms with Crippen LogP contribution in [0.15, 0.2) is 0 Å². The SMILES string of the molecule is CCNCc1sc(C2CCCC2)nc1CC. The number of nitrogens with zero attached hydrogens (tertiary/aromatic N) is 1. The molecule has 1 fully saturated rings. The Hall–Kier alpha value is -0.410. The molecule has 0 amide bonds. The maximum absolute atomic E-state index is 4.84. The first-order chi connectivity index (χ1) is 7.85. The largest absolute Gasteiger partial charge is 0.312 e. The van der Waals surface area contributed by atoms with Crippen LogP contribution >= 0.6 is 11.3 Å². The summed E-state index contributed by atoms with van der Waals surface area (Å²) >= 11 is 1.95. The van der Waals surface area contributed by atoms with Crippen molar-refractivity contribution < 1.29 is 0 Å². The number of aryl methyl sites for hydroxylation is 1. The first-order valence-corrected chi connectivity index (χ1v) is 7.36. The molecular formula is C13H22N2S. The van der Waals surface area contributed by atoms with Gasteiger partial charge in [0, 0.05) is 17.3 Å². The van der Waals surface area contributed by atoms with E-state index in [1.54, 1.807) is 0 Å². The van der Waals surface area contributed by atoms with Crippen LogP contribution in [0.4, 0.5) is 0 Å². The van der Waals surface area contributed by atoms with Gasteiger partial charge < -0.3 is 5.32 Å². The number of thiazole rings is 1. The molecule has 16 heavy (non-hydrogen) atoms. The molecule has 3 heteroatoms.